The van der Waals surface area contributed by atoms with Gasteiger partial charge in [-0.3, -0.25) is 0 Å². The van der Waals surface area contributed by atoms with Gasteiger partial charge in [-0.2, -0.15) is 0 Å². The number of hydrogen-bond donors (Lipinski definition) is 1. The molecule has 0 aromatic heterocycles. The first-order chi connectivity index (χ1) is 7.59. The summed E-state index contributed by atoms with van der Waals surface area (Å²) in [6.07, 6.45) is 6.66. The van der Waals surface area contributed by atoms with E-state index in [4.69, 9.17) is 4.74 Å². The van der Waals surface area contributed by atoms with E-state index in [1.807, 2.05) is 0 Å². The van der Waals surface area contributed by atoms with Crippen LogP contribution in [0.15, 0.2) is 0 Å². The maximum atomic E-state index is 5.16. The molecular weight excluding hydrogens is 198 g/mol. The van der Waals surface area contributed by atoms with Crippen LogP contribution < -0.4 is 5.32 Å². The molecule has 1 fully saturated rings. The fraction of sp³-hybridized carbons (Fsp3) is 1.00. The summed E-state index contributed by atoms with van der Waals surface area (Å²) in [6, 6.07) is 0.770. The Morgan fingerprint density at radius 2 is 2.06 bits per heavy atom. The molecule has 1 unspecified atom stereocenters. The molecule has 1 rings (SSSR count). The monoisotopic (exact) mass is 227 g/mol. The summed E-state index contributed by atoms with van der Waals surface area (Å²) in [5.41, 5.74) is 0.358. The van der Waals surface area contributed by atoms with E-state index in [9.17, 15) is 0 Å². The maximum absolute atomic E-state index is 5.16. The molecule has 0 aliphatic heterocycles. The van der Waals surface area contributed by atoms with Crippen LogP contribution in [0.5, 0.6) is 0 Å². The van der Waals surface area contributed by atoms with Crippen LogP contribution in [0.3, 0.4) is 0 Å². The summed E-state index contributed by atoms with van der Waals surface area (Å²) in [5.74, 6) is 0.971. The van der Waals surface area contributed by atoms with Gasteiger partial charge in [0.2, 0.25) is 0 Å². The van der Waals surface area contributed by atoms with Gasteiger partial charge < -0.3 is 10.1 Å². The molecule has 0 heterocycles. The van der Waals surface area contributed by atoms with Crippen molar-refractivity contribution in [3.8, 4) is 0 Å². The van der Waals surface area contributed by atoms with E-state index in [-0.39, 0.29) is 0 Å². The van der Waals surface area contributed by atoms with Crippen LogP contribution in [0, 0.1) is 11.3 Å². The minimum absolute atomic E-state index is 0.358. The van der Waals surface area contributed by atoms with Crippen molar-refractivity contribution in [1.82, 2.24) is 5.32 Å². The van der Waals surface area contributed by atoms with E-state index in [1.54, 1.807) is 7.11 Å². The van der Waals surface area contributed by atoms with E-state index < -0.39 is 0 Å². The van der Waals surface area contributed by atoms with Crippen LogP contribution in [0.4, 0.5) is 0 Å². The van der Waals surface area contributed by atoms with E-state index in [0.29, 0.717) is 5.41 Å². The third-order valence-electron chi connectivity index (χ3n) is 3.62. The van der Waals surface area contributed by atoms with Gasteiger partial charge in [-0.15, -0.1) is 0 Å². The molecule has 0 spiro atoms. The standard InChI is InChI=1S/C14H29NO/c1-5-6-13(12-7-8-12)15-11-14(2,3)9-10-16-4/h12-13,15H,5-11H2,1-4H3. The molecule has 2 nitrogen and oxygen atoms in total. The van der Waals surface area contributed by atoms with Crippen molar-refractivity contribution in [2.75, 3.05) is 20.3 Å². The third kappa shape index (κ3) is 5.31. The van der Waals surface area contributed by atoms with Gasteiger partial charge >= 0.3 is 0 Å². The highest BCUT2D eigenvalue weighted by Crippen LogP contribution is 2.35. The first-order valence-corrected chi connectivity index (χ1v) is 6.81. The second-order valence-corrected chi connectivity index (χ2v) is 6.02. The predicted octanol–water partition coefficient (Wildman–Crippen LogP) is 3.22. The minimum atomic E-state index is 0.358. The van der Waals surface area contributed by atoms with Crippen LogP contribution in [-0.4, -0.2) is 26.3 Å². The Balaban J connectivity index is 2.23. The topological polar surface area (TPSA) is 21.3 Å². The molecule has 1 saturated carbocycles. The summed E-state index contributed by atoms with van der Waals surface area (Å²) in [5, 5.41) is 3.78. The molecule has 1 N–H and O–H groups in total. The third-order valence-corrected chi connectivity index (χ3v) is 3.62. The molecular formula is C14H29NO. The molecule has 0 amide bonds. The number of nitrogens with one attached hydrogen (secondary N) is 1. The van der Waals surface area contributed by atoms with Gasteiger partial charge in [-0.25, -0.2) is 0 Å². The van der Waals surface area contributed by atoms with Crippen LogP contribution in [0.2, 0.25) is 0 Å². The van der Waals surface area contributed by atoms with Gasteiger partial charge in [0.15, 0.2) is 0 Å². The molecule has 2 heteroatoms. The smallest absolute Gasteiger partial charge is 0.0467 e. The van der Waals surface area contributed by atoms with Crippen molar-refractivity contribution in [2.45, 2.75) is 58.9 Å². The normalized spacial score (nSPS) is 18.8. The van der Waals surface area contributed by atoms with Crippen LogP contribution in [0.25, 0.3) is 0 Å². The van der Waals surface area contributed by atoms with Crippen LogP contribution in [0.1, 0.15) is 52.9 Å². The number of methoxy groups -OCH3 is 1. The molecule has 0 aromatic rings. The maximum Gasteiger partial charge on any atom is 0.0467 e. The Hall–Kier alpha value is -0.0800. The molecule has 0 saturated heterocycles. The lowest BCUT2D eigenvalue weighted by atomic mass is 9.89. The van der Waals surface area contributed by atoms with E-state index >= 15 is 0 Å². The first-order valence-electron chi connectivity index (χ1n) is 6.81. The lowest BCUT2D eigenvalue weighted by molar-refractivity contribution is 0.148. The second-order valence-electron chi connectivity index (χ2n) is 6.02. The average Bonchev–Trinajstić information content (AvgIpc) is 3.05. The van der Waals surface area contributed by atoms with Gasteiger partial charge in [-0.05, 0) is 37.0 Å². The predicted molar refractivity (Wildman–Crippen MR) is 69.7 cm³/mol. The first kappa shape index (κ1) is 14.0. The van der Waals surface area contributed by atoms with Gasteiger partial charge in [0.1, 0.15) is 0 Å². The molecule has 1 aliphatic rings. The van der Waals surface area contributed by atoms with Crippen molar-refractivity contribution in [3.05, 3.63) is 0 Å². The number of ether oxygens (including phenoxy) is 1. The lowest BCUT2D eigenvalue weighted by Crippen LogP contribution is -2.38. The SMILES string of the molecule is CCCC(NCC(C)(C)CCOC)C1CC1. The molecule has 0 radical (unpaired) electrons. The fourth-order valence-electron chi connectivity index (χ4n) is 2.19. The van der Waals surface area contributed by atoms with E-state index in [1.165, 1.54) is 25.7 Å². The average molecular weight is 227 g/mol. The molecule has 0 bridgehead atoms. The quantitative estimate of drug-likeness (QED) is 0.653. The highest BCUT2D eigenvalue weighted by Gasteiger charge is 2.31. The molecule has 1 atom stereocenters. The zero-order chi connectivity index (χ0) is 12.0. The summed E-state index contributed by atoms with van der Waals surface area (Å²) in [4.78, 5) is 0. The van der Waals surface area contributed by atoms with E-state index in [0.717, 1.165) is 31.5 Å². The largest absolute Gasteiger partial charge is 0.385 e. The number of rotatable bonds is 9. The lowest BCUT2D eigenvalue weighted by Gasteiger charge is -2.28. The highest BCUT2D eigenvalue weighted by atomic mass is 16.5. The van der Waals surface area contributed by atoms with Crippen molar-refractivity contribution >= 4 is 0 Å². The molecule has 16 heavy (non-hydrogen) atoms. The fourth-order valence-corrected chi connectivity index (χ4v) is 2.19. The van der Waals surface area contributed by atoms with Crippen molar-refractivity contribution in [2.24, 2.45) is 11.3 Å². The second kappa shape index (κ2) is 6.61. The van der Waals surface area contributed by atoms with Gasteiger partial charge in [0.05, 0.1) is 0 Å². The van der Waals surface area contributed by atoms with Crippen molar-refractivity contribution in [3.63, 3.8) is 0 Å². The highest BCUT2D eigenvalue weighted by molar-refractivity contribution is 4.87. The molecule has 0 aromatic carbocycles. The van der Waals surface area contributed by atoms with Gasteiger partial charge in [-0.1, -0.05) is 27.2 Å². The Bertz CT molecular complexity index is 187. The summed E-state index contributed by atoms with van der Waals surface area (Å²) in [7, 11) is 1.79. The van der Waals surface area contributed by atoms with Crippen molar-refractivity contribution < 1.29 is 4.74 Å². The Morgan fingerprint density at radius 1 is 1.38 bits per heavy atom. The summed E-state index contributed by atoms with van der Waals surface area (Å²) < 4.78 is 5.16. The zero-order valence-electron chi connectivity index (χ0n) is 11.5. The summed E-state index contributed by atoms with van der Waals surface area (Å²) in [6.45, 7) is 8.94. The van der Waals surface area contributed by atoms with Crippen LogP contribution in [-0.2, 0) is 4.74 Å². The molecule has 1 aliphatic carbocycles. The summed E-state index contributed by atoms with van der Waals surface area (Å²) >= 11 is 0. The van der Waals surface area contributed by atoms with Gasteiger partial charge in [0.25, 0.3) is 0 Å². The zero-order valence-corrected chi connectivity index (χ0v) is 11.5. The molecule has 96 valence electrons. The Kier molecular flexibility index (Phi) is 5.77. The van der Waals surface area contributed by atoms with Crippen LogP contribution >= 0.6 is 0 Å². The van der Waals surface area contributed by atoms with E-state index in [2.05, 4.69) is 26.1 Å². The van der Waals surface area contributed by atoms with Gasteiger partial charge in [0, 0.05) is 26.3 Å². The number of hydrogen-bond acceptors (Lipinski definition) is 2. The minimum Gasteiger partial charge on any atom is -0.385 e. The Morgan fingerprint density at radius 3 is 2.56 bits per heavy atom. The van der Waals surface area contributed by atoms with Crippen molar-refractivity contribution in [1.29, 1.82) is 0 Å². The Labute approximate surface area is 101 Å².